The lowest BCUT2D eigenvalue weighted by Crippen LogP contribution is -1.97. The number of unbranched alkanes of at least 4 members (excludes halogenated alkanes) is 1. The van der Waals surface area contributed by atoms with Crippen LogP contribution in [0.3, 0.4) is 0 Å². The summed E-state index contributed by atoms with van der Waals surface area (Å²) in [5.41, 5.74) is 0.881. The number of hydrogen-bond acceptors (Lipinski definition) is 2. The van der Waals surface area contributed by atoms with Gasteiger partial charge in [0, 0.05) is 6.42 Å². The molecule has 1 aromatic rings. The molecule has 0 spiro atoms. The molecule has 1 aromatic carbocycles. The van der Waals surface area contributed by atoms with Crippen LogP contribution in [-0.2, 0) is 0 Å². The van der Waals surface area contributed by atoms with Crippen molar-refractivity contribution in [3.8, 4) is 18.1 Å². The number of aliphatic hydroxyl groups excluding tert-OH is 1. The Morgan fingerprint density at radius 2 is 2.33 bits per heavy atom. The molecule has 80 valence electrons. The number of methoxy groups -OCH3 is 1. The highest BCUT2D eigenvalue weighted by Crippen LogP contribution is 2.22. The number of rotatable bonds is 5. The van der Waals surface area contributed by atoms with Gasteiger partial charge in [0.2, 0.25) is 0 Å². The van der Waals surface area contributed by atoms with E-state index >= 15 is 0 Å². The minimum absolute atomic E-state index is 0.451. The average Bonchev–Trinajstić information content (AvgIpc) is 2.29. The first kappa shape index (κ1) is 11.6. The first-order valence-electron chi connectivity index (χ1n) is 5.03. The van der Waals surface area contributed by atoms with Crippen LogP contribution in [0.4, 0.5) is 0 Å². The molecule has 1 rings (SSSR count). The number of terminal acetylenes is 1. The molecule has 0 aliphatic carbocycles. The topological polar surface area (TPSA) is 29.5 Å². The monoisotopic (exact) mass is 204 g/mol. The van der Waals surface area contributed by atoms with E-state index in [0.717, 1.165) is 17.7 Å². The lowest BCUT2D eigenvalue weighted by Gasteiger charge is -2.11. The molecule has 2 nitrogen and oxygen atoms in total. The Labute approximate surface area is 90.9 Å². The van der Waals surface area contributed by atoms with Gasteiger partial charge in [-0.2, -0.15) is 0 Å². The van der Waals surface area contributed by atoms with Crippen LogP contribution in [0.2, 0.25) is 0 Å². The first-order valence-corrected chi connectivity index (χ1v) is 5.03. The van der Waals surface area contributed by atoms with Crippen LogP contribution in [0.1, 0.15) is 30.9 Å². The highest BCUT2D eigenvalue weighted by molar-refractivity contribution is 5.29. The zero-order chi connectivity index (χ0) is 11.1. The first-order chi connectivity index (χ1) is 7.27. The Morgan fingerprint density at radius 3 is 3.00 bits per heavy atom. The lowest BCUT2D eigenvalue weighted by atomic mass is 10.0. The zero-order valence-corrected chi connectivity index (χ0v) is 8.94. The fourth-order valence-electron chi connectivity index (χ4n) is 1.41. The van der Waals surface area contributed by atoms with Crippen molar-refractivity contribution in [3.05, 3.63) is 29.8 Å². The predicted octanol–water partition coefficient (Wildman–Crippen LogP) is 2.53. The highest BCUT2D eigenvalue weighted by Gasteiger charge is 2.07. The van der Waals surface area contributed by atoms with E-state index in [1.807, 2.05) is 24.3 Å². The lowest BCUT2D eigenvalue weighted by molar-refractivity contribution is 0.165. The third kappa shape index (κ3) is 3.65. The molecule has 0 amide bonds. The van der Waals surface area contributed by atoms with Gasteiger partial charge in [0.25, 0.3) is 0 Å². The molecule has 2 heteroatoms. The molecular formula is C13H16O2. The van der Waals surface area contributed by atoms with E-state index < -0.39 is 6.10 Å². The standard InChI is InChI=1S/C13H16O2/c1-3-4-5-9-13(14)11-7-6-8-12(10-11)15-2/h1,6-8,10,13-14H,4-5,9H2,2H3. The van der Waals surface area contributed by atoms with Crippen LogP contribution in [0.15, 0.2) is 24.3 Å². The number of benzene rings is 1. The second kappa shape index (κ2) is 6.10. The number of aliphatic hydroxyl groups is 1. The normalized spacial score (nSPS) is 11.8. The van der Waals surface area contributed by atoms with Crippen molar-refractivity contribution < 1.29 is 9.84 Å². The van der Waals surface area contributed by atoms with Crippen molar-refractivity contribution in [1.29, 1.82) is 0 Å². The van der Waals surface area contributed by atoms with Crippen LogP contribution in [0, 0.1) is 12.3 Å². The highest BCUT2D eigenvalue weighted by atomic mass is 16.5. The molecule has 0 saturated carbocycles. The average molecular weight is 204 g/mol. The molecule has 15 heavy (non-hydrogen) atoms. The van der Waals surface area contributed by atoms with Crippen LogP contribution < -0.4 is 4.74 Å². The van der Waals surface area contributed by atoms with E-state index in [1.54, 1.807) is 7.11 Å². The maximum Gasteiger partial charge on any atom is 0.119 e. The fourth-order valence-corrected chi connectivity index (χ4v) is 1.41. The molecule has 0 aromatic heterocycles. The Balaban J connectivity index is 2.57. The van der Waals surface area contributed by atoms with Gasteiger partial charge in [-0.05, 0) is 30.5 Å². The summed E-state index contributed by atoms with van der Waals surface area (Å²) in [6.07, 6.45) is 6.94. The zero-order valence-electron chi connectivity index (χ0n) is 8.94. The third-order valence-electron chi connectivity index (χ3n) is 2.28. The van der Waals surface area contributed by atoms with Crippen molar-refractivity contribution in [2.45, 2.75) is 25.4 Å². The minimum atomic E-state index is -0.451. The Hall–Kier alpha value is -1.46. The molecule has 0 saturated heterocycles. The predicted molar refractivity (Wildman–Crippen MR) is 60.6 cm³/mol. The van der Waals surface area contributed by atoms with E-state index in [0.29, 0.717) is 12.8 Å². The van der Waals surface area contributed by atoms with Gasteiger partial charge in [0.05, 0.1) is 13.2 Å². The molecule has 1 unspecified atom stereocenters. The van der Waals surface area contributed by atoms with Crippen LogP contribution >= 0.6 is 0 Å². The summed E-state index contributed by atoms with van der Waals surface area (Å²) in [5, 5.41) is 9.84. The van der Waals surface area contributed by atoms with Gasteiger partial charge >= 0.3 is 0 Å². The van der Waals surface area contributed by atoms with Gasteiger partial charge in [-0.3, -0.25) is 0 Å². The maximum atomic E-state index is 9.84. The maximum absolute atomic E-state index is 9.84. The van der Waals surface area contributed by atoms with Gasteiger partial charge in [0.15, 0.2) is 0 Å². The fraction of sp³-hybridized carbons (Fsp3) is 0.385. The Bertz CT molecular complexity index is 339. The molecule has 0 fully saturated rings. The molecular weight excluding hydrogens is 188 g/mol. The summed E-state index contributed by atoms with van der Waals surface area (Å²) in [4.78, 5) is 0. The summed E-state index contributed by atoms with van der Waals surface area (Å²) in [7, 11) is 1.61. The van der Waals surface area contributed by atoms with Crippen molar-refractivity contribution in [3.63, 3.8) is 0 Å². The second-order valence-electron chi connectivity index (χ2n) is 3.39. The van der Waals surface area contributed by atoms with Crippen molar-refractivity contribution in [2.75, 3.05) is 7.11 Å². The Morgan fingerprint density at radius 1 is 1.53 bits per heavy atom. The van der Waals surface area contributed by atoms with Crippen molar-refractivity contribution >= 4 is 0 Å². The van der Waals surface area contributed by atoms with E-state index in [2.05, 4.69) is 5.92 Å². The molecule has 0 aliphatic heterocycles. The third-order valence-corrected chi connectivity index (χ3v) is 2.28. The van der Waals surface area contributed by atoms with Gasteiger partial charge < -0.3 is 9.84 Å². The molecule has 0 radical (unpaired) electrons. The SMILES string of the molecule is C#CCCCC(O)c1cccc(OC)c1. The van der Waals surface area contributed by atoms with Gasteiger partial charge in [-0.1, -0.05) is 12.1 Å². The number of ether oxygens (including phenoxy) is 1. The van der Waals surface area contributed by atoms with Crippen LogP contribution in [0.5, 0.6) is 5.75 Å². The molecule has 1 N–H and O–H groups in total. The van der Waals surface area contributed by atoms with E-state index in [4.69, 9.17) is 11.2 Å². The number of hydrogen-bond donors (Lipinski definition) is 1. The Kier molecular flexibility index (Phi) is 4.73. The molecule has 0 bridgehead atoms. The van der Waals surface area contributed by atoms with E-state index in [1.165, 1.54) is 0 Å². The van der Waals surface area contributed by atoms with Gasteiger partial charge in [-0.15, -0.1) is 12.3 Å². The quantitative estimate of drug-likeness (QED) is 0.590. The van der Waals surface area contributed by atoms with E-state index in [9.17, 15) is 5.11 Å². The van der Waals surface area contributed by atoms with Gasteiger partial charge in [0.1, 0.15) is 5.75 Å². The minimum Gasteiger partial charge on any atom is -0.497 e. The summed E-state index contributed by atoms with van der Waals surface area (Å²) in [6.45, 7) is 0. The van der Waals surface area contributed by atoms with Gasteiger partial charge in [-0.25, -0.2) is 0 Å². The largest absolute Gasteiger partial charge is 0.497 e. The van der Waals surface area contributed by atoms with Crippen LogP contribution in [0.25, 0.3) is 0 Å². The summed E-state index contributed by atoms with van der Waals surface area (Å²) in [6, 6.07) is 7.47. The summed E-state index contributed by atoms with van der Waals surface area (Å²) >= 11 is 0. The smallest absolute Gasteiger partial charge is 0.119 e. The molecule has 1 atom stereocenters. The van der Waals surface area contributed by atoms with Crippen molar-refractivity contribution in [2.24, 2.45) is 0 Å². The molecule has 0 heterocycles. The van der Waals surface area contributed by atoms with E-state index in [-0.39, 0.29) is 0 Å². The molecule has 0 aliphatic rings. The summed E-state index contributed by atoms with van der Waals surface area (Å²) in [5.74, 6) is 3.33. The van der Waals surface area contributed by atoms with Crippen LogP contribution in [-0.4, -0.2) is 12.2 Å². The summed E-state index contributed by atoms with van der Waals surface area (Å²) < 4.78 is 5.09. The second-order valence-corrected chi connectivity index (χ2v) is 3.39. The van der Waals surface area contributed by atoms with Crippen molar-refractivity contribution in [1.82, 2.24) is 0 Å².